The first kappa shape index (κ1) is 15.3. The molecule has 3 N–H and O–H groups in total. The van der Waals surface area contributed by atoms with Crippen molar-refractivity contribution in [3.8, 4) is 0 Å². The molecule has 2 atom stereocenters. The lowest BCUT2D eigenvalue weighted by Crippen LogP contribution is -2.36. The van der Waals surface area contributed by atoms with E-state index in [2.05, 4.69) is 6.58 Å². The molecule has 1 aliphatic carbocycles. The molecule has 0 amide bonds. The summed E-state index contributed by atoms with van der Waals surface area (Å²) in [6, 6.07) is 0. The highest BCUT2D eigenvalue weighted by atomic mass is 35.5. The molecule has 0 aromatic rings. The predicted molar refractivity (Wildman–Crippen MR) is 58.9 cm³/mol. The summed E-state index contributed by atoms with van der Waals surface area (Å²) in [6.45, 7) is 3.36. The van der Waals surface area contributed by atoms with Gasteiger partial charge in [-0.1, -0.05) is 6.08 Å². The number of carboxylic acid groups (broad SMARTS) is 1. The van der Waals surface area contributed by atoms with E-state index in [1.165, 1.54) is 6.08 Å². The molecule has 0 heterocycles. The molecule has 0 bridgehead atoms. The van der Waals surface area contributed by atoms with Crippen LogP contribution in [-0.4, -0.2) is 22.5 Å². The molecule has 0 saturated heterocycles. The van der Waals surface area contributed by atoms with Crippen LogP contribution < -0.4 is 5.73 Å². The minimum Gasteiger partial charge on any atom is -0.480 e. The van der Waals surface area contributed by atoms with Crippen molar-refractivity contribution < 1.29 is 18.7 Å². The van der Waals surface area contributed by atoms with Gasteiger partial charge in [0.05, 0.1) is 0 Å². The Bertz CT molecular complexity index is 286. The van der Waals surface area contributed by atoms with Gasteiger partial charge in [0.15, 0.2) is 0 Å². The van der Waals surface area contributed by atoms with Crippen LogP contribution in [-0.2, 0) is 4.79 Å². The van der Waals surface area contributed by atoms with Gasteiger partial charge < -0.3 is 10.8 Å². The van der Waals surface area contributed by atoms with Gasteiger partial charge in [-0.25, -0.2) is 8.78 Å². The van der Waals surface area contributed by atoms with E-state index in [0.717, 1.165) is 0 Å². The summed E-state index contributed by atoms with van der Waals surface area (Å²) >= 11 is 0. The normalized spacial score (nSPS) is 28.1. The van der Waals surface area contributed by atoms with Gasteiger partial charge in [-0.05, 0) is 18.8 Å². The molecule has 1 rings (SSSR count). The second-order valence-corrected chi connectivity index (χ2v) is 4.13. The minimum absolute atomic E-state index is 0. The van der Waals surface area contributed by atoms with Gasteiger partial charge in [0, 0.05) is 12.8 Å². The summed E-state index contributed by atoms with van der Waals surface area (Å²) in [5.41, 5.74) is 4.00. The minimum atomic E-state index is -2.84. The van der Waals surface area contributed by atoms with Crippen molar-refractivity contribution in [2.24, 2.45) is 11.7 Å². The molecule has 0 aromatic heterocycles. The third-order valence-corrected chi connectivity index (χ3v) is 2.81. The van der Waals surface area contributed by atoms with Crippen LogP contribution in [0.3, 0.4) is 0 Å². The average molecular weight is 256 g/mol. The maximum absolute atomic E-state index is 13.2. The van der Waals surface area contributed by atoms with Gasteiger partial charge in [-0.15, -0.1) is 19.0 Å². The van der Waals surface area contributed by atoms with Gasteiger partial charge in [-0.3, -0.25) is 4.79 Å². The standard InChI is InChI=1S/C10H15F2NO2.ClH/c1-2-3-4-9(11,12)5-7-6-10(7,13)8(14)15;/h2,7H,1,3-6,13H2,(H,14,15);1H. The van der Waals surface area contributed by atoms with Crippen molar-refractivity contribution in [3.63, 3.8) is 0 Å². The van der Waals surface area contributed by atoms with Crippen LogP contribution in [0.5, 0.6) is 0 Å². The van der Waals surface area contributed by atoms with E-state index in [9.17, 15) is 13.6 Å². The second-order valence-electron chi connectivity index (χ2n) is 4.13. The highest BCUT2D eigenvalue weighted by Crippen LogP contribution is 2.48. The monoisotopic (exact) mass is 255 g/mol. The van der Waals surface area contributed by atoms with Crippen molar-refractivity contribution in [3.05, 3.63) is 12.7 Å². The summed E-state index contributed by atoms with van der Waals surface area (Å²) in [5, 5.41) is 8.67. The van der Waals surface area contributed by atoms with Crippen LogP contribution in [0.2, 0.25) is 0 Å². The second kappa shape index (κ2) is 5.10. The van der Waals surface area contributed by atoms with Crippen LogP contribution in [0.15, 0.2) is 12.7 Å². The third-order valence-electron chi connectivity index (χ3n) is 2.81. The van der Waals surface area contributed by atoms with Gasteiger partial charge in [0.25, 0.3) is 0 Å². The van der Waals surface area contributed by atoms with E-state index in [0.29, 0.717) is 0 Å². The first-order chi connectivity index (χ1) is 6.82. The topological polar surface area (TPSA) is 63.3 Å². The molecule has 16 heavy (non-hydrogen) atoms. The fourth-order valence-electron chi connectivity index (χ4n) is 1.64. The van der Waals surface area contributed by atoms with Crippen LogP contribution in [0, 0.1) is 5.92 Å². The zero-order chi connectivity index (χ0) is 11.7. The van der Waals surface area contributed by atoms with Crippen molar-refractivity contribution >= 4 is 18.4 Å². The van der Waals surface area contributed by atoms with E-state index in [1.54, 1.807) is 0 Å². The first-order valence-corrected chi connectivity index (χ1v) is 4.83. The molecule has 0 aliphatic heterocycles. The van der Waals surface area contributed by atoms with E-state index in [4.69, 9.17) is 10.8 Å². The Morgan fingerprint density at radius 1 is 1.69 bits per heavy atom. The highest BCUT2D eigenvalue weighted by molar-refractivity contribution is 5.85. The quantitative estimate of drug-likeness (QED) is 0.715. The lowest BCUT2D eigenvalue weighted by atomic mass is 10.0. The van der Waals surface area contributed by atoms with Crippen LogP contribution >= 0.6 is 12.4 Å². The third kappa shape index (κ3) is 3.42. The van der Waals surface area contributed by atoms with E-state index in [-0.39, 0.29) is 31.7 Å². The predicted octanol–water partition coefficient (Wildman–Crippen LogP) is 2.20. The van der Waals surface area contributed by atoms with Crippen LogP contribution in [0.4, 0.5) is 8.78 Å². The van der Waals surface area contributed by atoms with Gasteiger partial charge in [0.2, 0.25) is 5.92 Å². The van der Waals surface area contributed by atoms with Crippen LogP contribution in [0.25, 0.3) is 0 Å². The van der Waals surface area contributed by atoms with E-state index >= 15 is 0 Å². The average Bonchev–Trinajstić information content (AvgIpc) is 2.74. The zero-order valence-electron chi connectivity index (χ0n) is 8.79. The molecular formula is C10H16ClF2NO2. The Morgan fingerprint density at radius 3 is 2.62 bits per heavy atom. The summed E-state index contributed by atoms with van der Waals surface area (Å²) in [5.74, 6) is -4.63. The molecule has 1 fully saturated rings. The smallest absolute Gasteiger partial charge is 0.323 e. The number of carbonyl (C=O) groups is 1. The zero-order valence-corrected chi connectivity index (χ0v) is 9.60. The van der Waals surface area contributed by atoms with Crippen LogP contribution in [0.1, 0.15) is 25.7 Å². The lowest BCUT2D eigenvalue weighted by molar-refractivity contribution is -0.140. The number of rotatable bonds is 6. The Hall–Kier alpha value is -0.680. The number of nitrogens with two attached hydrogens (primary N) is 1. The summed E-state index contributed by atoms with van der Waals surface area (Å²) in [6.07, 6.45) is 1.07. The maximum atomic E-state index is 13.2. The molecule has 6 heteroatoms. The van der Waals surface area contributed by atoms with Crippen molar-refractivity contribution in [1.82, 2.24) is 0 Å². The number of hydrogen-bond donors (Lipinski definition) is 2. The highest BCUT2D eigenvalue weighted by Gasteiger charge is 2.60. The number of alkyl halides is 2. The SMILES string of the molecule is C=CCCC(F)(F)CC1CC1(N)C(=O)O.Cl. The fourth-order valence-corrected chi connectivity index (χ4v) is 1.64. The molecule has 1 saturated carbocycles. The number of carboxylic acids is 1. The fraction of sp³-hybridized carbons (Fsp3) is 0.700. The van der Waals surface area contributed by atoms with Gasteiger partial charge in [0.1, 0.15) is 5.54 Å². The number of allylic oxidation sites excluding steroid dienone is 1. The van der Waals surface area contributed by atoms with E-state index in [1.807, 2.05) is 0 Å². The van der Waals surface area contributed by atoms with Crippen molar-refractivity contribution in [2.75, 3.05) is 0 Å². The molecule has 3 nitrogen and oxygen atoms in total. The summed E-state index contributed by atoms with van der Waals surface area (Å²) in [4.78, 5) is 10.6. The first-order valence-electron chi connectivity index (χ1n) is 4.83. The van der Waals surface area contributed by atoms with Gasteiger partial charge >= 0.3 is 5.97 Å². The number of aliphatic carboxylic acids is 1. The summed E-state index contributed by atoms with van der Waals surface area (Å²) < 4.78 is 26.4. The Morgan fingerprint density at radius 2 is 2.25 bits per heavy atom. The molecule has 1 aliphatic rings. The summed E-state index contributed by atoms with van der Waals surface area (Å²) in [7, 11) is 0. The van der Waals surface area contributed by atoms with Gasteiger partial charge in [-0.2, -0.15) is 0 Å². The molecule has 0 spiro atoms. The number of halogens is 3. The van der Waals surface area contributed by atoms with E-state index < -0.39 is 29.8 Å². The molecule has 0 radical (unpaired) electrons. The van der Waals surface area contributed by atoms with Crippen molar-refractivity contribution in [2.45, 2.75) is 37.1 Å². The Balaban J connectivity index is 0.00000225. The molecule has 94 valence electrons. The Kier molecular flexibility index (Phi) is 4.88. The number of hydrogen-bond acceptors (Lipinski definition) is 2. The maximum Gasteiger partial charge on any atom is 0.323 e. The molecular weight excluding hydrogens is 240 g/mol. The largest absolute Gasteiger partial charge is 0.480 e. The lowest BCUT2D eigenvalue weighted by Gasteiger charge is -2.16. The Labute approximate surface area is 99.1 Å². The molecule has 0 aromatic carbocycles. The van der Waals surface area contributed by atoms with Crippen molar-refractivity contribution in [1.29, 1.82) is 0 Å². The molecule has 2 unspecified atom stereocenters.